The molecule has 2 aromatic heterocycles. The van der Waals surface area contributed by atoms with E-state index in [0.717, 1.165) is 21.1 Å². The van der Waals surface area contributed by atoms with Crippen LogP contribution in [0.25, 0.3) is 5.00 Å². The summed E-state index contributed by atoms with van der Waals surface area (Å²) in [6.07, 6.45) is 1.85. The number of thiophene rings is 1. The highest BCUT2D eigenvalue weighted by Crippen LogP contribution is 2.32. The topological polar surface area (TPSA) is 51.5 Å². The number of esters is 1. The van der Waals surface area contributed by atoms with E-state index in [1.54, 1.807) is 6.92 Å². The molecular weight excluding hydrogens is 262 g/mol. The Kier molecular flexibility index (Phi) is 4.07. The minimum absolute atomic E-state index is 0.0642. The number of aliphatic hydroxyl groups is 1. The lowest BCUT2D eigenvalue weighted by molar-refractivity contribution is 0.0526. The average Bonchev–Trinajstić information content (AvgIpc) is 2.95. The van der Waals surface area contributed by atoms with Crippen LogP contribution in [-0.2, 0) is 11.3 Å². The second-order valence-corrected chi connectivity index (χ2v) is 5.41. The number of nitrogens with zero attached hydrogens (tertiary/aromatic N) is 1. The van der Waals surface area contributed by atoms with Crippen LogP contribution in [0.4, 0.5) is 0 Å². The first-order chi connectivity index (χ1) is 9.10. The first-order valence-electron chi connectivity index (χ1n) is 6.14. The first kappa shape index (κ1) is 13.8. The summed E-state index contributed by atoms with van der Waals surface area (Å²) < 4.78 is 6.97. The quantitative estimate of drug-likeness (QED) is 0.876. The third-order valence-electron chi connectivity index (χ3n) is 3.06. The molecule has 4 nitrogen and oxygen atoms in total. The van der Waals surface area contributed by atoms with Crippen molar-refractivity contribution in [2.24, 2.45) is 0 Å². The predicted octanol–water partition coefficient (Wildman–Crippen LogP) is 2.82. The zero-order chi connectivity index (χ0) is 14.0. The van der Waals surface area contributed by atoms with E-state index >= 15 is 0 Å². The van der Waals surface area contributed by atoms with Crippen molar-refractivity contribution in [1.82, 2.24) is 4.57 Å². The van der Waals surface area contributed by atoms with Crippen LogP contribution in [0.2, 0.25) is 0 Å². The van der Waals surface area contributed by atoms with Gasteiger partial charge in [0.15, 0.2) is 0 Å². The minimum atomic E-state index is -0.308. The predicted molar refractivity (Wildman–Crippen MR) is 75.0 cm³/mol. The van der Waals surface area contributed by atoms with Crippen LogP contribution in [0.15, 0.2) is 18.3 Å². The Bertz CT molecular complexity index is 598. The van der Waals surface area contributed by atoms with Crippen molar-refractivity contribution >= 4 is 17.3 Å². The third-order valence-corrected chi connectivity index (χ3v) is 4.27. The van der Waals surface area contributed by atoms with E-state index in [9.17, 15) is 9.90 Å². The number of ether oxygens (including phenoxy) is 1. The van der Waals surface area contributed by atoms with Gasteiger partial charge >= 0.3 is 5.97 Å². The number of aromatic nitrogens is 1. The van der Waals surface area contributed by atoms with Crippen LogP contribution >= 0.6 is 11.3 Å². The SMILES string of the molecule is CCOC(=O)c1c(-n2cccc2CO)sc(C)c1C. The van der Waals surface area contributed by atoms with Gasteiger partial charge in [-0.1, -0.05) is 0 Å². The monoisotopic (exact) mass is 279 g/mol. The van der Waals surface area contributed by atoms with Crippen LogP contribution in [0.5, 0.6) is 0 Å². The molecule has 0 amide bonds. The van der Waals surface area contributed by atoms with Gasteiger partial charge in [0.25, 0.3) is 0 Å². The van der Waals surface area contributed by atoms with Gasteiger partial charge in [0.05, 0.1) is 18.8 Å². The molecular formula is C14H17NO3S. The van der Waals surface area contributed by atoms with Gasteiger partial charge in [0, 0.05) is 16.8 Å². The van der Waals surface area contributed by atoms with Gasteiger partial charge in [-0.25, -0.2) is 4.79 Å². The zero-order valence-corrected chi connectivity index (χ0v) is 12.1. The van der Waals surface area contributed by atoms with Gasteiger partial charge in [-0.05, 0) is 38.5 Å². The Hall–Kier alpha value is -1.59. The van der Waals surface area contributed by atoms with Crippen molar-refractivity contribution in [2.75, 3.05) is 6.61 Å². The van der Waals surface area contributed by atoms with Crippen molar-refractivity contribution in [1.29, 1.82) is 0 Å². The second kappa shape index (κ2) is 5.59. The number of rotatable bonds is 4. The van der Waals surface area contributed by atoms with E-state index in [1.165, 1.54) is 11.3 Å². The van der Waals surface area contributed by atoms with E-state index in [0.29, 0.717) is 12.2 Å². The van der Waals surface area contributed by atoms with Crippen LogP contribution < -0.4 is 0 Å². The summed E-state index contributed by atoms with van der Waals surface area (Å²) in [4.78, 5) is 13.2. The Morgan fingerprint density at radius 3 is 2.84 bits per heavy atom. The van der Waals surface area contributed by atoms with Crippen molar-refractivity contribution in [3.05, 3.63) is 40.0 Å². The molecule has 0 bridgehead atoms. The molecule has 0 spiro atoms. The summed E-state index contributed by atoms with van der Waals surface area (Å²) in [6, 6.07) is 3.68. The molecule has 2 rings (SSSR count). The molecule has 0 aliphatic carbocycles. The third kappa shape index (κ3) is 2.43. The Morgan fingerprint density at radius 1 is 1.47 bits per heavy atom. The summed E-state index contributed by atoms with van der Waals surface area (Å²) in [6.45, 7) is 5.98. The maximum atomic E-state index is 12.1. The van der Waals surface area contributed by atoms with Crippen LogP contribution in [0.3, 0.4) is 0 Å². The van der Waals surface area contributed by atoms with E-state index < -0.39 is 0 Å². The van der Waals surface area contributed by atoms with Crippen LogP contribution in [-0.4, -0.2) is 22.2 Å². The highest BCUT2D eigenvalue weighted by Gasteiger charge is 2.22. The minimum Gasteiger partial charge on any atom is -0.462 e. The molecule has 19 heavy (non-hydrogen) atoms. The largest absolute Gasteiger partial charge is 0.462 e. The summed E-state index contributed by atoms with van der Waals surface area (Å²) in [7, 11) is 0. The molecule has 0 aromatic carbocycles. The first-order valence-corrected chi connectivity index (χ1v) is 6.96. The van der Waals surface area contributed by atoms with E-state index in [-0.39, 0.29) is 12.6 Å². The zero-order valence-electron chi connectivity index (χ0n) is 11.3. The van der Waals surface area contributed by atoms with Gasteiger partial charge in [-0.2, -0.15) is 0 Å². The summed E-state index contributed by atoms with van der Waals surface area (Å²) in [5.41, 5.74) is 2.29. The van der Waals surface area contributed by atoms with E-state index in [4.69, 9.17) is 4.74 Å². The standard InChI is InChI=1S/C14H17NO3S/c1-4-18-14(17)12-9(2)10(3)19-13(12)15-7-5-6-11(15)8-16/h5-7,16H,4,8H2,1-3H3. The number of aryl methyl sites for hydroxylation is 1. The summed E-state index contributed by atoms with van der Waals surface area (Å²) >= 11 is 1.53. The fourth-order valence-electron chi connectivity index (χ4n) is 1.97. The molecule has 0 radical (unpaired) electrons. The van der Waals surface area contributed by atoms with Crippen molar-refractivity contribution in [3.63, 3.8) is 0 Å². The molecule has 5 heteroatoms. The number of hydrogen-bond acceptors (Lipinski definition) is 4. The highest BCUT2D eigenvalue weighted by atomic mass is 32.1. The molecule has 1 N–H and O–H groups in total. The number of aliphatic hydroxyl groups excluding tert-OH is 1. The molecule has 0 fully saturated rings. The molecule has 0 atom stereocenters. The van der Waals surface area contributed by atoms with Gasteiger partial charge < -0.3 is 14.4 Å². The molecule has 0 saturated heterocycles. The molecule has 0 aliphatic heterocycles. The van der Waals surface area contributed by atoms with Gasteiger partial charge in [0.2, 0.25) is 0 Å². The van der Waals surface area contributed by atoms with Crippen LogP contribution in [0, 0.1) is 13.8 Å². The number of hydrogen-bond donors (Lipinski definition) is 1. The molecule has 0 saturated carbocycles. The van der Waals surface area contributed by atoms with Crippen molar-refractivity contribution < 1.29 is 14.6 Å². The van der Waals surface area contributed by atoms with E-state index in [1.807, 2.05) is 36.7 Å². The number of carbonyl (C=O) groups is 1. The second-order valence-electron chi connectivity index (χ2n) is 4.21. The summed E-state index contributed by atoms with van der Waals surface area (Å²) in [5.74, 6) is -0.308. The van der Waals surface area contributed by atoms with Crippen molar-refractivity contribution in [2.45, 2.75) is 27.4 Å². The van der Waals surface area contributed by atoms with Gasteiger partial charge in [-0.15, -0.1) is 11.3 Å². The molecule has 2 aromatic rings. The fraction of sp³-hybridized carbons (Fsp3) is 0.357. The lowest BCUT2D eigenvalue weighted by Crippen LogP contribution is -2.09. The van der Waals surface area contributed by atoms with Gasteiger partial charge in [-0.3, -0.25) is 0 Å². The number of carbonyl (C=O) groups excluding carboxylic acids is 1. The molecule has 2 heterocycles. The molecule has 102 valence electrons. The smallest absolute Gasteiger partial charge is 0.341 e. The Labute approximate surface area is 116 Å². The normalized spacial score (nSPS) is 10.7. The lowest BCUT2D eigenvalue weighted by atomic mass is 10.1. The van der Waals surface area contributed by atoms with E-state index in [2.05, 4.69) is 0 Å². The highest BCUT2D eigenvalue weighted by molar-refractivity contribution is 7.15. The summed E-state index contributed by atoms with van der Waals surface area (Å²) in [5, 5.41) is 10.2. The van der Waals surface area contributed by atoms with Crippen LogP contribution in [0.1, 0.15) is 33.4 Å². The average molecular weight is 279 g/mol. The lowest BCUT2D eigenvalue weighted by Gasteiger charge is -2.08. The molecule has 0 unspecified atom stereocenters. The maximum absolute atomic E-state index is 12.1. The van der Waals surface area contributed by atoms with Crippen molar-refractivity contribution in [3.8, 4) is 5.00 Å². The fourth-order valence-corrected chi connectivity index (χ4v) is 3.13. The Morgan fingerprint density at radius 2 is 2.21 bits per heavy atom. The Balaban J connectivity index is 2.58. The van der Waals surface area contributed by atoms with Gasteiger partial charge in [0.1, 0.15) is 5.00 Å². The molecule has 0 aliphatic rings. The maximum Gasteiger partial charge on any atom is 0.341 e.